The largest absolute Gasteiger partial charge is 0.454 e. The number of benzene rings is 1. The summed E-state index contributed by atoms with van der Waals surface area (Å²) >= 11 is 1.41. The van der Waals surface area contributed by atoms with E-state index in [2.05, 4.69) is 14.3 Å². The Morgan fingerprint density at radius 1 is 1.33 bits per heavy atom. The Kier molecular flexibility index (Phi) is 4.21. The molecule has 0 bridgehead atoms. The standard InChI is InChI=1S/C14H17N3O3S/c1-17(14-15-13(16-21-14)5-6-18-2)8-10-3-4-11-12(7-10)20-9-19-11/h3-4,7H,5-6,8-9H2,1-2H3. The van der Waals surface area contributed by atoms with E-state index in [0.29, 0.717) is 13.4 Å². The number of nitrogens with zero attached hydrogens (tertiary/aromatic N) is 3. The van der Waals surface area contributed by atoms with Crippen molar-refractivity contribution in [3.63, 3.8) is 0 Å². The highest BCUT2D eigenvalue weighted by atomic mass is 32.1. The van der Waals surface area contributed by atoms with Crippen LogP contribution in [0.3, 0.4) is 0 Å². The minimum Gasteiger partial charge on any atom is -0.454 e. The molecular formula is C14H17N3O3S. The summed E-state index contributed by atoms with van der Waals surface area (Å²) in [6.45, 7) is 1.69. The second-order valence-corrected chi connectivity index (χ2v) is 5.51. The summed E-state index contributed by atoms with van der Waals surface area (Å²) in [5.74, 6) is 2.44. The normalized spacial score (nSPS) is 12.7. The maximum atomic E-state index is 5.39. The molecule has 2 heterocycles. The van der Waals surface area contributed by atoms with E-state index in [4.69, 9.17) is 14.2 Å². The molecule has 0 amide bonds. The van der Waals surface area contributed by atoms with Crippen LogP contribution in [0.1, 0.15) is 11.4 Å². The molecule has 0 aliphatic carbocycles. The van der Waals surface area contributed by atoms with Crippen molar-refractivity contribution in [3.05, 3.63) is 29.6 Å². The van der Waals surface area contributed by atoms with Crippen molar-refractivity contribution < 1.29 is 14.2 Å². The number of hydrogen-bond acceptors (Lipinski definition) is 7. The van der Waals surface area contributed by atoms with Crippen molar-refractivity contribution in [2.24, 2.45) is 0 Å². The Balaban J connectivity index is 1.65. The molecule has 0 saturated carbocycles. The predicted octanol–water partition coefficient (Wildman–Crippen LogP) is 2.09. The van der Waals surface area contributed by atoms with Crippen molar-refractivity contribution in [2.75, 3.05) is 32.5 Å². The maximum absolute atomic E-state index is 5.39. The minimum atomic E-state index is 0.299. The second-order valence-electron chi connectivity index (χ2n) is 4.78. The molecule has 1 aromatic heterocycles. The van der Waals surface area contributed by atoms with Gasteiger partial charge in [-0.05, 0) is 17.7 Å². The first-order chi connectivity index (χ1) is 10.3. The predicted molar refractivity (Wildman–Crippen MR) is 80.2 cm³/mol. The number of methoxy groups -OCH3 is 1. The Morgan fingerprint density at radius 2 is 2.19 bits per heavy atom. The van der Waals surface area contributed by atoms with Crippen molar-refractivity contribution in [1.29, 1.82) is 0 Å². The summed E-state index contributed by atoms with van der Waals surface area (Å²) in [6, 6.07) is 5.98. The van der Waals surface area contributed by atoms with Gasteiger partial charge >= 0.3 is 0 Å². The topological polar surface area (TPSA) is 56.7 Å². The van der Waals surface area contributed by atoms with Gasteiger partial charge in [-0.25, -0.2) is 4.98 Å². The molecule has 21 heavy (non-hydrogen) atoms. The number of anilines is 1. The highest BCUT2D eigenvalue weighted by Gasteiger charge is 2.15. The van der Waals surface area contributed by atoms with E-state index in [1.807, 2.05) is 25.2 Å². The summed E-state index contributed by atoms with van der Waals surface area (Å²) in [4.78, 5) is 6.59. The van der Waals surface area contributed by atoms with Crippen molar-refractivity contribution in [2.45, 2.75) is 13.0 Å². The van der Waals surface area contributed by atoms with Crippen LogP contribution in [0.2, 0.25) is 0 Å². The van der Waals surface area contributed by atoms with Crippen LogP contribution in [0.15, 0.2) is 18.2 Å². The molecule has 0 unspecified atom stereocenters. The van der Waals surface area contributed by atoms with Crippen molar-refractivity contribution in [3.8, 4) is 11.5 Å². The van der Waals surface area contributed by atoms with Crippen LogP contribution in [0, 0.1) is 0 Å². The monoisotopic (exact) mass is 307 g/mol. The third kappa shape index (κ3) is 3.25. The number of aromatic nitrogens is 2. The lowest BCUT2D eigenvalue weighted by molar-refractivity contribution is 0.174. The molecule has 1 aromatic carbocycles. The number of ether oxygens (including phenoxy) is 3. The van der Waals surface area contributed by atoms with Gasteiger partial charge in [0, 0.05) is 38.7 Å². The first-order valence-electron chi connectivity index (χ1n) is 6.67. The maximum Gasteiger partial charge on any atom is 0.231 e. The van der Waals surface area contributed by atoms with Crippen molar-refractivity contribution >= 4 is 16.7 Å². The van der Waals surface area contributed by atoms with E-state index in [9.17, 15) is 0 Å². The molecule has 0 N–H and O–H groups in total. The average molecular weight is 307 g/mol. The summed E-state index contributed by atoms with van der Waals surface area (Å²) in [5, 5.41) is 0.902. The third-order valence-corrected chi connectivity index (χ3v) is 4.04. The molecule has 0 saturated heterocycles. The first-order valence-corrected chi connectivity index (χ1v) is 7.45. The van der Waals surface area contributed by atoms with Crippen LogP contribution in [-0.2, 0) is 17.7 Å². The summed E-state index contributed by atoms with van der Waals surface area (Å²) in [7, 11) is 3.68. The summed E-state index contributed by atoms with van der Waals surface area (Å²) in [5.41, 5.74) is 1.15. The lowest BCUT2D eigenvalue weighted by Gasteiger charge is -2.15. The molecule has 3 rings (SSSR count). The van der Waals surface area contributed by atoms with Crippen LogP contribution in [0.4, 0.5) is 5.13 Å². The smallest absolute Gasteiger partial charge is 0.231 e. The third-order valence-electron chi connectivity index (χ3n) is 3.17. The second kappa shape index (κ2) is 6.28. The van der Waals surface area contributed by atoms with Crippen LogP contribution in [0.5, 0.6) is 11.5 Å². The zero-order valence-corrected chi connectivity index (χ0v) is 12.9. The van der Waals surface area contributed by atoms with E-state index in [0.717, 1.165) is 41.0 Å². The van der Waals surface area contributed by atoms with Gasteiger partial charge in [-0.3, -0.25) is 0 Å². The van der Waals surface area contributed by atoms with Gasteiger partial charge in [0.15, 0.2) is 11.5 Å². The quantitative estimate of drug-likeness (QED) is 0.814. The Morgan fingerprint density at radius 3 is 3.05 bits per heavy atom. The summed E-state index contributed by atoms with van der Waals surface area (Å²) < 4.78 is 20.1. The molecule has 6 nitrogen and oxygen atoms in total. The lowest BCUT2D eigenvalue weighted by atomic mass is 10.2. The molecule has 0 spiro atoms. The molecule has 112 valence electrons. The van der Waals surface area contributed by atoms with Crippen LogP contribution >= 0.6 is 11.5 Å². The molecule has 7 heteroatoms. The SMILES string of the molecule is COCCc1nsc(N(C)Cc2ccc3c(c2)OCO3)n1. The molecule has 1 aliphatic heterocycles. The summed E-state index contributed by atoms with van der Waals surface area (Å²) in [6.07, 6.45) is 0.741. The van der Waals surface area contributed by atoms with Crippen molar-refractivity contribution in [1.82, 2.24) is 9.36 Å². The van der Waals surface area contributed by atoms with Gasteiger partial charge in [0.1, 0.15) is 5.82 Å². The van der Waals surface area contributed by atoms with Crippen LogP contribution < -0.4 is 14.4 Å². The Labute approximate surface area is 127 Å². The zero-order chi connectivity index (χ0) is 14.7. The van der Waals surface area contributed by atoms with E-state index >= 15 is 0 Å². The molecule has 0 fully saturated rings. The van der Waals surface area contributed by atoms with Gasteiger partial charge in [0.05, 0.1) is 6.61 Å². The number of hydrogen-bond donors (Lipinski definition) is 0. The van der Waals surface area contributed by atoms with Gasteiger partial charge in [0.25, 0.3) is 0 Å². The van der Waals surface area contributed by atoms with E-state index in [-0.39, 0.29) is 0 Å². The number of rotatable bonds is 6. The lowest BCUT2D eigenvalue weighted by Crippen LogP contribution is -2.16. The van der Waals surface area contributed by atoms with E-state index in [1.165, 1.54) is 11.5 Å². The molecule has 0 atom stereocenters. The van der Waals surface area contributed by atoms with Gasteiger partial charge in [-0.1, -0.05) is 6.07 Å². The minimum absolute atomic E-state index is 0.299. The van der Waals surface area contributed by atoms with E-state index < -0.39 is 0 Å². The highest BCUT2D eigenvalue weighted by molar-refractivity contribution is 7.09. The average Bonchev–Trinajstić information content (AvgIpc) is 3.13. The molecule has 2 aromatic rings. The van der Waals surface area contributed by atoms with Gasteiger partial charge in [-0.2, -0.15) is 4.37 Å². The molecule has 0 radical (unpaired) electrons. The molecular weight excluding hydrogens is 290 g/mol. The Bertz CT molecular complexity index is 617. The Hall–Kier alpha value is -1.86. The fraction of sp³-hybridized carbons (Fsp3) is 0.429. The van der Waals surface area contributed by atoms with E-state index in [1.54, 1.807) is 7.11 Å². The van der Waals surface area contributed by atoms with Gasteiger partial charge in [-0.15, -0.1) is 0 Å². The fourth-order valence-corrected chi connectivity index (χ4v) is 2.74. The van der Waals surface area contributed by atoms with Crippen LogP contribution in [0.25, 0.3) is 0 Å². The zero-order valence-electron chi connectivity index (χ0n) is 12.0. The van der Waals surface area contributed by atoms with Gasteiger partial charge in [0.2, 0.25) is 11.9 Å². The fourth-order valence-electron chi connectivity index (χ4n) is 2.08. The first kappa shape index (κ1) is 14.1. The highest BCUT2D eigenvalue weighted by Crippen LogP contribution is 2.33. The van der Waals surface area contributed by atoms with Gasteiger partial charge < -0.3 is 19.1 Å². The number of fused-ring (bicyclic) bond motifs is 1. The molecule has 1 aliphatic rings. The van der Waals surface area contributed by atoms with Crippen LogP contribution in [-0.4, -0.2) is 36.9 Å².